The Morgan fingerprint density at radius 2 is 1.89 bits per heavy atom. The zero-order chi connectivity index (χ0) is 20.1. The number of nitrogens with zero attached hydrogens (tertiary/aromatic N) is 3. The van der Waals surface area contributed by atoms with Gasteiger partial charge >= 0.3 is 0 Å². The SMILES string of the molecule is CC1(Cc2cccc(C(N)=O)c2)C(=O)N(c2cc(Cl)cc(Cl)c2)c2nccn21. The maximum atomic E-state index is 13.5. The summed E-state index contributed by atoms with van der Waals surface area (Å²) in [4.78, 5) is 30.8. The summed E-state index contributed by atoms with van der Waals surface area (Å²) in [6.45, 7) is 1.84. The Hall–Kier alpha value is -2.83. The zero-order valence-electron chi connectivity index (χ0n) is 14.9. The topological polar surface area (TPSA) is 81.2 Å². The van der Waals surface area contributed by atoms with E-state index in [1.807, 2.05) is 17.6 Å². The number of aromatic nitrogens is 2. The first kappa shape index (κ1) is 18.5. The first-order valence-corrected chi connectivity index (χ1v) is 9.28. The normalized spacial score (nSPS) is 18.4. The molecule has 2 amide bonds. The van der Waals surface area contributed by atoms with Crippen molar-refractivity contribution in [1.82, 2.24) is 9.55 Å². The molecule has 1 aliphatic heterocycles. The van der Waals surface area contributed by atoms with Crippen molar-refractivity contribution < 1.29 is 9.59 Å². The number of imidazole rings is 1. The average molecular weight is 415 g/mol. The lowest BCUT2D eigenvalue weighted by Gasteiger charge is -2.25. The highest BCUT2D eigenvalue weighted by atomic mass is 35.5. The molecule has 1 aliphatic rings. The number of anilines is 2. The van der Waals surface area contributed by atoms with E-state index in [4.69, 9.17) is 28.9 Å². The fraction of sp³-hybridized carbons (Fsp3) is 0.150. The number of hydrogen-bond acceptors (Lipinski definition) is 3. The standard InChI is InChI=1S/C20H16Cl2N4O2/c1-20(11-12-3-2-4-13(7-12)17(23)27)18(28)26(19-24-5-6-25(19)20)16-9-14(21)8-15(22)10-16/h2-10H,11H2,1H3,(H2,23,27). The molecule has 2 N–H and O–H groups in total. The Labute approximate surface area is 171 Å². The van der Waals surface area contributed by atoms with Gasteiger partial charge in [0.15, 0.2) is 0 Å². The molecule has 142 valence electrons. The number of fused-ring (bicyclic) bond motifs is 1. The summed E-state index contributed by atoms with van der Waals surface area (Å²) in [5, 5.41) is 0.854. The molecule has 0 fully saturated rings. The van der Waals surface area contributed by atoms with Gasteiger partial charge in [0, 0.05) is 34.4 Å². The summed E-state index contributed by atoms with van der Waals surface area (Å²) in [5.41, 5.74) is 6.21. The van der Waals surface area contributed by atoms with Gasteiger partial charge in [-0.05, 0) is 42.8 Å². The summed E-state index contributed by atoms with van der Waals surface area (Å²) >= 11 is 12.3. The third-order valence-corrected chi connectivity index (χ3v) is 5.32. The number of halogens is 2. The minimum absolute atomic E-state index is 0.168. The van der Waals surface area contributed by atoms with Crippen LogP contribution in [0, 0.1) is 0 Å². The monoisotopic (exact) mass is 414 g/mol. The van der Waals surface area contributed by atoms with Crippen molar-refractivity contribution in [2.45, 2.75) is 18.9 Å². The molecule has 2 aromatic carbocycles. The van der Waals surface area contributed by atoms with Gasteiger partial charge in [-0.2, -0.15) is 0 Å². The van der Waals surface area contributed by atoms with Gasteiger partial charge in [-0.25, -0.2) is 9.88 Å². The van der Waals surface area contributed by atoms with Gasteiger partial charge in [0.25, 0.3) is 5.91 Å². The minimum atomic E-state index is -0.934. The molecule has 0 spiro atoms. The largest absolute Gasteiger partial charge is 0.366 e. The highest BCUT2D eigenvalue weighted by Gasteiger charge is 2.48. The molecule has 8 heteroatoms. The van der Waals surface area contributed by atoms with E-state index in [9.17, 15) is 9.59 Å². The Morgan fingerprint density at radius 3 is 2.57 bits per heavy atom. The van der Waals surface area contributed by atoms with Crippen molar-refractivity contribution in [2.75, 3.05) is 4.90 Å². The second kappa shape index (κ2) is 6.65. The first-order valence-electron chi connectivity index (χ1n) is 8.53. The van der Waals surface area contributed by atoms with Crippen LogP contribution in [0.5, 0.6) is 0 Å². The molecule has 0 bridgehead atoms. The molecule has 6 nitrogen and oxygen atoms in total. The van der Waals surface area contributed by atoms with E-state index >= 15 is 0 Å². The lowest BCUT2D eigenvalue weighted by atomic mass is 9.91. The van der Waals surface area contributed by atoms with Gasteiger partial charge in [0.05, 0.1) is 5.69 Å². The fourth-order valence-corrected chi connectivity index (χ4v) is 4.09. The summed E-state index contributed by atoms with van der Waals surface area (Å²) in [6.07, 6.45) is 3.76. The Bertz CT molecular complexity index is 1090. The molecule has 0 saturated carbocycles. The fourth-order valence-electron chi connectivity index (χ4n) is 3.57. The maximum absolute atomic E-state index is 13.5. The van der Waals surface area contributed by atoms with E-state index in [0.717, 1.165) is 5.56 Å². The van der Waals surface area contributed by atoms with Gasteiger partial charge in [0.2, 0.25) is 11.9 Å². The zero-order valence-corrected chi connectivity index (χ0v) is 16.4. The number of carbonyl (C=O) groups is 2. The molecule has 1 atom stereocenters. The summed E-state index contributed by atoms with van der Waals surface area (Å²) in [5.74, 6) is -0.196. The first-order chi connectivity index (χ1) is 13.3. The van der Waals surface area contributed by atoms with Crippen LogP contribution in [0.2, 0.25) is 10.0 Å². The van der Waals surface area contributed by atoms with Crippen LogP contribution >= 0.6 is 23.2 Å². The van der Waals surface area contributed by atoms with Crippen molar-refractivity contribution >= 4 is 46.7 Å². The quantitative estimate of drug-likeness (QED) is 0.701. The van der Waals surface area contributed by atoms with Gasteiger partial charge in [-0.3, -0.25) is 9.59 Å². The van der Waals surface area contributed by atoms with Crippen molar-refractivity contribution in [3.05, 3.63) is 76.0 Å². The predicted molar refractivity (Wildman–Crippen MR) is 108 cm³/mol. The summed E-state index contributed by atoms with van der Waals surface area (Å²) in [6, 6.07) is 11.9. The van der Waals surface area contributed by atoms with Crippen molar-refractivity contribution in [2.24, 2.45) is 5.73 Å². The van der Waals surface area contributed by atoms with Gasteiger partial charge in [0.1, 0.15) is 5.54 Å². The lowest BCUT2D eigenvalue weighted by Crippen LogP contribution is -2.40. The molecule has 4 rings (SSSR count). The number of benzene rings is 2. The van der Waals surface area contributed by atoms with Crippen LogP contribution in [0.15, 0.2) is 54.9 Å². The Morgan fingerprint density at radius 1 is 1.18 bits per heavy atom. The van der Waals surface area contributed by atoms with Crippen LogP contribution in [-0.4, -0.2) is 21.4 Å². The number of primary amides is 1. The summed E-state index contributed by atoms with van der Waals surface area (Å²) in [7, 11) is 0. The van der Waals surface area contributed by atoms with Crippen LogP contribution in [-0.2, 0) is 16.8 Å². The maximum Gasteiger partial charge on any atom is 0.260 e. The highest BCUT2D eigenvalue weighted by molar-refractivity contribution is 6.35. The Balaban J connectivity index is 1.78. The van der Waals surface area contributed by atoms with E-state index in [-0.39, 0.29) is 5.91 Å². The Kier molecular flexibility index (Phi) is 4.40. The minimum Gasteiger partial charge on any atom is -0.366 e. The highest BCUT2D eigenvalue weighted by Crippen LogP contribution is 2.42. The van der Waals surface area contributed by atoms with Crippen LogP contribution in [0.25, 0.3) is 0 Å². The molecule has 1 aromatic heterocycles. The van der Waals surface area contributed by atoms with Gasteiger partial charge in [-0.1, -0.05) is 35.3 Å². The van der Waals surface area contributed by atoms with Crippen LogP contribution < -0.4 is 10.6 Å². The number of nitrogens with two attached hydrogens (primary N) is 1. The molecular formula is C20H16Cl2N4O2. The van der Waals surface area contributed by atoms with E-state index in [1.165, 1.54) is 4.90 Å². The van der Waals surface area contributed by atoms with E-state index < -0.39 is 11.4 Å². The smallest absolute Gasteiger partial charge is 0.260 e. The number of hydrogen-bond donors (Lipinski definition) is 1. The van der Waals surface area contributed by atoms with Crippen molar-refractivity contribution in [1.29, 1.82) is 0 Å². The van der Waals surface area contributed by atoms with E-state index in [2.05, 4.69) is 4.98 Å². The second-order valence-corrected chi connectivity index (χ2v) is 7.75. The molecule has 1 unspecified atom stereocenters. The van der Waals surface area contributed by atoms with Gasteiger partial charge in [-0.15, -0.1) is 0 Å². The molecule has 0 aliphatic carbocycles. The third kappa shape index (κ3) is 2.95. The average Bonchev–Trinajstić information content (AvgIpc) is 3.17. The van der Waals surface area contributed by atoms with Crippen LogP contribution in [0.4, 0.5) is 11.6 Å². The van der Waals surface area contributed by atoms with E-state index in [0.29, 0.717) is 33.7 Å². The number of rotatable bonds is 4. The number of carbonyl (C=O) groups excluding carboxylic acids is 2. The number of amides is 2. The molecule has 0 saturated heterocycles. The molecule has 3 aromatic rings. The van der Waals surface area contributed by atoms with E-state index in [1.54, 1.807) is 48.8 Å². The lowest BCUT2D eigenvalue weighted by molar-refractivity contribution is -0.123. The van der Waals surface area contributed by atoms with Gasteiger partial charge < -0.3 is 10.3 Å². The van der Waals surface area contributed by atoms with Crippen LogP contribution in [0.1, 0.15) is 22.8 Å². The second-order valence-electron chi connectivity index (χ2n) is 6.88. The predicted octanol–water partition coefficient (Wildman–Crippen LogP) is 3.93. The van der Waals surface area contributed by atoms with Crippen molar-refractivity contribution in [3.8, 4) is 0 Å². The molecular weight excluding hydrogens is 399 g/mol. The molecule has 28 heavy (non-hydrogen) atoms. The molecule has 2 heterocycles. The third-order valence-electron chi connectivity index (χ3n) is 4.88. The van der Waals surface area contributed by atoms with Crippen LogP contribution in [0.3, 0.4) is 0 Å². The summed E-state index contributed by atoms with van der Waals surface area (Å²) < 4.78 is 1.82. The van der Waals surface area contributed by atoms with Crippen molar-refractivity contribution in [3.63, 3.8) is 0 Å². The molecule has 0 radical (unpaired) electrons.